The SMILES string of the molecule is CCC(=O)N1C(=O)[C@H](C)[C@]23c4cc(OC)c(OC)cc4C(=O)N2CCCN13. The molecule has 8 nitrogen and oxygen atoms in total. The van der Waals surface area contributed by atoms with Crippen LogP contribution in [0.15, 0.2) is 12.1 Å². The number of fused-ring (bicyclic) bond motifs is 1. The molecule has 2 atom stereocenters. The lowest BCUT2D eigenvalue weighted by molar-refractivity contribution is -0.174. The Kier molecular flexibility index (Phi) is 3.92. The maximum absolute atomic E-state index is 13.2. The van der Waals surface area contributed by atoms with Gasteiger partial charge in [-0.15, -0.1) is 0 Å². The van der Waals surface area contributed by atoms with E-state index in [1.165, 1.54) is 19.2 Å². The van der Waals surface area contributed by atoms with Gasteiger partial charge in [-0.2, -0.15) is 5.01 Å². The van der Waals surface area contributed by atoms with Gasteiger partial charge < -0.3 is 14.4 Å². The van der Waals surface area contributed by atoms with Crippen molar-refractivity contribution in [3.8, 4) is 11.5 Å². The van der Waals surface area contributed by atoms with E-state index in [9.17, 15) is 14.4 Å². The molecule has 0 N–H and O–H groups in total. The summed E-state index contributed by atoms with van der Waals surface area (Å²) >= 11 is 0. The zero-order valence-corrected chi connectivity index (χ0v) is 15.9. The Bertz CT molecular complexity index is 854. The van der Waals surface area contributed by atoms with E-state index >= 15 is 0 Å². The monoisotopic (exact) mass is 373 g/mol. The third-order valence-electron chi connectivity index (χ3n) is 5.92. The minimum Gasteiger partial charge on any atom is -0.493 e. The predicted octanol–water partition coefficient (Wildman–Crippen LogP) is 1.35. The number of nitrogens with zero attached hydrogens (tertiary/aromatic N) is 3. The number of rotatable bonds is 3. The van der Waals surface area contributed by atoms with Gasteiger partial charge in [-0.3, -0.25) is 14.4 Å². The highest BCUT2D eigenvalue weighted by Crippen LogP contribution is 2.55. The van der Waals surface area contributed by atoms with Crippen molar-refractivity contribution in [2.45, 2.75) is 32.4 Å². The first-order chi connectivity index (χ1) is 12.9. The molecule has 4 rings (SSSR count). The van der Waals surface area contributed by atoms with Crippen molar-refractivity contribution in [1.29, 1.82) is 0 Å². The molecule has 1 aromatic rings. The largest absolute Gasteiger partial charge is 0.493 e. The van der Waals surface area contributed by atoms with Gasteiger partial charge in [0.1, 0.15) is 0 Å². The third-order valence-corrected chi connectivity index (χ3v) is 5.92. The van der Waals surface area contributed by atoms with Crippen LogP contribution in [0.4, 0.5) is 0 Å². The molecule has 0 radical (unpaired) electrons. The molecule has 1 spiro atoms. The molecule has 0 aromatic heterocycles. The molecule has 3 aliphatic heterocycles. The fourth-order valence-corrected chi connectivity index (χ4v) is 4.73. The minimum absolute atomic E-state index is 0.152. The second kappa shape index (κ2) is 5.95. The molecule has 144 valence electrons. The van der Waals surface area contributed by atoms with E-state index in [-0.39, 0.29) is 24.1 Å². The number of amides is 3. The Morgan fingerprint density at radius 3 is 2.48 bits per heavy atom. The third kappa shape index (κ3) is 1.99. The van der Waals surface area contributed by atoms with Crippen molar-refractivity contribution in [2.24, 2.45) is 5.92 Å². The maximum Gasteiger partial charge on any atom is 0.256 e. The van der Waals surface area contributed by atoms with Crippen LogP contribution in [0.3, 0.4) is 0 Å². The zero-order chi connectivity index (χ0) is 19.5. The Morgan fingerprint density at radius 2 is 1.85 bits per heavy atom. The summed E-state index contributed by atoms with van der Waals surface area (Å²) in [6.45, 7) is 4.57. The number of hydrazine groups is 1. The van der Waals surface area contributed by atoms with Crippen LogP contribution in [0.1, 0.15) is 42.6 Å². The van der Waals surface area contributed by atoms with E-state index in [0.717, 1.165) is 0 Å². The topological polar surface area (TPSA) is 79.4 Å². The summed E-state index contributed by atoms with van der Waals surface area (Å²) in [6, 6.07) is 3.44. The highest BCUT2D eigenvalue weighted by molar-refractivity contribution is 6.05. The molecule has 1 aromatic carbocycles. The van der Waals surface area contributed by atoms with E-state index in [2.05, 4.69) is 0 Å². The molecule has 3 amide bonds. The van der Waals surface area contributed by atoms with Gasteiger partial charge in [-0.1, -0.05) is 6.92 Å². The second-order valence-corrected chi connectivity index (χ2v) is 7.03. The van der Waals surface area contributed by atoms with E-state index in [1.807, 2.05) is 0 Å². The fourth-order valence-electron chi connectivity index (χ4n) is 4.73. The second-order valence-electron chi connectivity index (χ2n) is 7.03. The molecule has 27 heavy (non-hydrogen) atoms. The Hall–Kier alpha value is -2.61. The van der Waals surface area contributed by atoms with Crippen molar-refractivity contribution in [2.75, 3.05) is 27.3 Å². The van der Waals surface area contributed by atoms with E-state index in [0.29, 0.717) is 42.1 Å². The summed E-state index contributed by atoms with van der Waals surface area (Å²) in [5.74, 6) is -0.301. The molecule has 2 saturated heterocycles. The van der Waals surface area contributed by atoms with Crippen molar-refractivity contribution in [1.82, 2.24) is 14.9 Å². The van der Waals surface area contributed by atoms with Crippen molar-refractivity contribution in [3.63, 3.8) is 0 Å². The van der Waals surface area contributed by atoms with Crippen LogP contribution in [-0.4, -0.2) is 59.9 Å². The highest BCUT2D eigenvalue weighted by Gasteiger charge is 2.67. The number of carbonyl (C=O) groups excluding carboxylic acids is 3. The summed E-state index contributed by atoms with van der Waals surface area (Å²) < 4.78 is 10.8. The number of benzene rings is 1. The molecule has 0 saturated carbocycles. The highest BCUT2D eigenvalue weighted by atomic mass is 16.5. The maximum atomic E-state index is 13.2. The van der Waals surface area contributed by atoms with E-state index < -0.39 is 11.6 Å². The molecule has 3 aliphatic rings. The van der Waals surface area contributed by atoms with Gasteiger partial charge >= 0.3 is 0 Å². The zero-order valence-electron chi connectivity index (χ0n) is 15.9. The Balaban J connectivity index is 1.98. The van der Waals surface area contributed by atoms with Crippen molar-refractivity contribution in [3.05, 3.63) is 23.3 Å². The molecule has 2 fully saturated rings. The number of hydrogen-bond donors (Lipinski definition) is 0. The number of ether oxygens (including phenoxy) is 2. The summed E-state index contributed by atoms with van der Waals surface area (Å²) in [7, 11) is 3.05. The number of hydrogen-bond acceptors (Lipinski definition) is 6. The summed E-state index contributed by atoms with van der Waals surface area (Å²) in [5, 5.41) is 3.03. The Labute approximate surface area is 157 Å². The van der Waals surface area contributed by atoms with Crippen LogP contribution in [0, 0.1) is 5.92 Å². The van der Waals surface area contributed by atoms with Crippen LogP contribution >= 0.6 is 0 Å². The van der Waals surface area contributed by atoms with Crippen LogP contribution in [0.2, 0.25) is 0 Å². The lowest BCUT2D eigenvalue weighted by Gasteiger charge is -2.48. The van der Waals surface area contributed by atoms with Gasteiger partial charge in [0.05, 0.1) is 25.7 Å². The van der Waals surface area contributed by atoms with Gasteiger partial charge in [0, 0.05) is 25.1 Å². The lowest BCUT2D eigenvalue weighted by Crippen LogP contribution is -2.62. The molecule has 0 unspecified atom stereocenters. The first-order valence-corrected chi connectivity index (χ1v) is 9.16. The smallest absolute Gasteiger partial charge is 0.256 e. The predicted molar refractivity (Wildman–Crippen MR) is 94.9 cm³/mol. The van der Waals surface area contributed by atoms with Gasteiger partial charge in [0.2, 0.25) is 5.91 Å². The molecular formula is C19H23N3O5. The summed E-state index contributed by atoms with van der Waals surface area (Å²) in [6.07, 6.45) is 0.904. The van der Waals surface area contributed by atoms with Gasteiger partial charge in [-0.05, 0) is 25.5 Å². The van der Waals surface area contributed by atoms with Crippen molar-refractivity contribution >= 4 is 17.7 Å². The standard InChI is InChI=1S/C19H23N3O5/c1-5-16(23)22-17(24)11(2)19-13-10-15(27-4)14(26-3)9-12(13)18(25)20(19)7-6-8-21(19)22/h9-11H,5-8H2,1-4H3/t11-,19-/m0/s1. The quantitative estimate of drug-likeness (QED) is 0.796. The average molecular weight is 373 g/mol. The fraction of sp³-hybridized carbons (Fsp3) is 0.526. The molecule has 3 heterocycles. The molecule has 0 aliphatic carbocycles. The molecule has 0 bridgehead atoms. The number of imide groups is 1. The Morgan fingerprint density at radius 1 is 1.19 bits per heavy atom. The normalized spacial score (nSPS) is 26.7. The van der Waals surface area contributed by atoms with E-state index in [1.54, 1.807) is 35.9 Å². The van der Waals surface area contributed by atoms with Crippen LogP contribution in [-0.2, 0) is 15.3 Å². The van der Waals surface area contributed by atoms with Crippen LogP contribution in [0.25, 0.3) is 0 Å². The minimum atomic E-state index is -0.994. The first kappa shape index (κ1) is 17.8. The van der Waals surface area contributed by atoms with Gasteiger partial charge in [0.15, 0.2) is 17.2 Å². The summed E-state index contributed by atoms with van der Waals surface area (Å²) in [4.78, 5) is 40.6. The van der Waals surface area contributed by atoms with Crippen LogP contribution in [0.5, 0.6) is 11.5 Å². The van der Waals surface area contributed by atoms with Gasteiger partial charge in [-0.25, -0.2) is 5.01 Å². The number of carbonyl (C=O) groups is 3. The lowest BCUT2D eigenvalue weighted by atomic mass is 9.85. The van der Waals surface area contributed by atoms with Crippen LogP contribution < -0.4 is 9.47 Å². The molecular weight excluding hydrogens is 350 g/mol. The number of methoxy groups -OCH3 is 2. The average Bonchev–Trinajstić information content (AvgIpc) is 3.08. The summed E-state index contributed by atoms with van der Waals surface area (Å²) in [5.41, 5.74) is 0.189. The van der Waals surface area contributed by atoms with Gasteiger partial charge in [0.25, 0.3) is 11.8 Å². The van der Waals surface area contributed by atoms with E-state index in [4.69, 9.17) is 9.47 Å². The molecule has 8 heteroatoms. The van der Waals surface area contributed by atoms with Crippen molar-refractivity contribution < 1.29 is 23.9 Å². The first-order valence-electron chi connectivity index (χ1n) is 9.16.